The van der Waals surface area contributed by atoms with E-state index in [-0.39, 0.29) is 17.3 Å². The molecule has 18 heavy (non-hydrogen) atoms. The van der Waals surface area contributed by atoms with Gasteiger partial charge in [-0.3, -0.25) is 4.79 Å². The normalized spacial score (nSPS) is 40.4. The van der Waals surface area contributed by atoms with Crippen molar-refractivity contribution in [1.82, 2.24) is 10.2 Å². The van der Waals surface area contributed by atoms with E-state index in [0.29, 0.717) is 5.75 Å². The van der Waals surface area contributed by atoms with Gasteiger partial charge in [0, 0.05) is 31.5 Å². The van der Waals surface area contributed by atoms with E-state index in [1.165, 1.54) is 6.07 Å². The monoisotopic (exact) mass is 256 g/mol. The highest BCUT2D eigenvalue weighted by atomic mass is 16.6. The van der Waals surface area contributed by atoms with Gasteiger partial charge in [-0.1, -0.05) is 12.1 Å². The number of amides is 1. The number of carbonyl (C=O) groups is 1. The summed E-state index contributed by atoms with van der Waals surface area (Å²) in [5, 5.41) is 1.67. The Balaban J connectivity index is 1.98. The number of hydrogen-bond acceptors (Lipinski definition) is 4. The van der Waals surface area contributed by atoms with Gasteiger partial charge >= 0.3 is 0 Å². The molecule has 1 aromatic rings. The van der Waals surface area contributed by atoms with Gasteiger partial charge in [-0.05, 0) is 12.1 Å². The quantitative estimate of drug-likeness (QED) is 0.783. The number of rotatable bonds is 1. The molecule has 1 aromatic carbocycles. The number of ether oxygens (including phenoxy) is 2. The molecule has 1 saturated heterocycles. The average Bonchev–Trinajstić information content (AvgIpc) is 2.51. The summed E-state index contributed by atoms with van der Waals surface area (Å²) in [6.45, 7) is -12.8. The molecule has 0 aliphatic carbocycles. The molecule has 1 fully saturated rings. The number of piperazine rings is 1. The average molecular weight is 256 g/mol. The highest BCUT2D eigenvalue weighted by Gasteiger charge is 2.31. The van der Waals surface area contributed by atoms with E-state index < -0.39 is 38.0 Å². The van der Waals surface area contributed by atoms with Crippen LogP contribution in [0.15, 0.2) is 24.3 Å². The van der Waals surface area contributed by atoms with Crippen molar-refractivity contribution >= 4 is 5.91 Å². The lowest BCUT2D eigenvalue weighted by molar-refractivity contribution is -0.141. The van der Waals surface area contributed by atoms with Gasteiger partial charge in [0.2, 0.25) is 6.10 Å². The molecular formula is C13H16N2O3. The van der Waals surface area contributed by atoms with Gasteiger partial charge in [0.15, 0.2) is 11.5 Å². The predicted molar refractivity (Wildman–Crippen MR) is 65.8 cm³/mol. The van der Waals surface area contributed by atoms with Crippen molar-refractivity contribution in [3.63, 3.8) is 0 Å². The maximum Gasteiger partial charge on any atom is 0.267 e. The van der Waals surface area contributed by atoms with E-state index in [0.717, 1.165) is 0 Å². The summed E-state index contributed by atoms with van der Waals surface area (Å²) in [6.07, 6.45) is -1.46. The number of carbonyl (C=O) groups excluding carboxylic acids is 1. The molecule has 0 spiro atoms. The van der Waals surface area contributed by atoms with Crippen LogP contribution >= 0.6 is 0 Å². The first-order valence-electron chi connectivity index (χ1n) is 9.33. The first-order chi connectivity index (χ1) is 11.8. The topological polar surface area (TPSA) is 50.8 Å². The largest absolute Gasteiger partial charge is 0.485 e. The van der Waals surface area contributed by atoms with E-state index in [1.54, 1.807) is 23.5 Å². The van der Waals surface area contributed by atoms with E-state index in [4.69, 9.17) is 20.4 Å². The van der Waals surface area contributed by atoms with Gasteiger partial charge < -0.3 is 19.7 Å². The number of benzene rings is 1. The van der Waals surface area contributed by atoms with Crippen LogP contribution in [0.2, 0.25) is 0 Å². The molecule has 3 rings (SSSR count). The summed E-state index contributed by atoms with van der Waals surface area (Å²) < 4.78 is 73.5. The Morgan fingerprint density at radius 2 is 2.06 bits per heavy atom. The summed E-state index contributed by atoms with van der Waals surface area (Å²) in [4.78, 5) is 12.8. The Bertz CT molecular complexity index is 716. The number of nitrogens with zero attached hydrogens (tertiary/aromatic N) is 1. The van der Waals surface area contributed by atoms with Crippen molar-refractivity contribution < 1.29 is 25.2 Å². The highest BCUT2D eigenvalue weighted by molar-refractivity contribution is 5.82. The van der Waals surface area contributed by atoms with Crippen molar-refractivity contribution in [3.05, 3.63) is 24.3 Å². The lowest BCUT2D eigenvalue weighted by Crippen LogP contribution is -2.52. The molecular weight excluding hydrogens is 232 g/mol. The van der Waals surface area contributed by atoms with E-state index in [1.807, 2.05) is 0 Å². The first kappa shape index (κ1) is 5.48. The van der Waals surface area contributed by atoms with Crippen LogP contribution < -0.4 is 14.8 Å². The van der Waals surface area contributed by atoms with Gasteiger partial charge in [-0.25, -0.2) is 0 Å². The third-order valence-corrected chi connectivity index (χ3v) is 2.46. The predicted octanol–water partition coefficient (Wildman–Crippen LogP) is 0.258. The fourth-order valence-corrected chi connectivity index (χ4v) is 1.62. The fraction of sp³-hybridized carbons (Fsp3) is 0.462. The van der Waals surface area contributed by atoms with Crippen molar-refractivity contribution in [2.24, 2.45) is 0 Å². The molecule has 2 aliphatic heterocycles. The SMILES string of the molecule is [2H]C1([2H])NC([2H])([2H])C([2H])([2H])N(C(=O)C2COc3ccccc3O2)C1([2H])[2H]. The van der Waals surface area contributed by atoms with E-state index in [9.17, 15) is 4.79 Å². The van der Waals surface area contributed by atoms with Gasteiger partial charge in [-0.2, -0.15) is 0 Å². The molecule has 1 atom stereocenters. The Hall–Kier alpha value is -1.75. The molecule has 0 bridgehead atoms. The first-order valence-corrected chi connectivity index (χ1v) is 5.33. The Labute approximate surface area is 117 Å². The second-order valence-corrected chi connectivity index (χ2v) is 3.64. The molecule has 2 heterocycles. The summed E-state index contributed by atoms with van der Waals surface area (Å²) >= 11 is 0. The van der Waals surface area contributed by atoms with Crippen molar-refractivity contribution in [3.8, 4) is 11.5 Å². The van der Waals surface area contributed by atoms with Crippen LogP contribution in [0.3, 0.4) is 0 Å². The van der Waals surface area contributed by atoms with Crippen molar-refractivity contribution in [2.75, 3.05) is 32.6 Å². The van der Waals surface area contributed by atoms with Crippen molar-refractivity contribution in [2.45, 2.75) is 6.10 Å². The standard InChI is InChI=1S/C13H16N2O3/c16-13(15-7-5-14-6-8-15)12-9-17-10-3-1-2-4-11(10)18-12/h1-4,12,14H,5-9H2/i5D2,6D2,7D2,8D2. The maximum atomic E-state index is 12.8. The van der Waals surface area contributed by atoms with Crippen LogP contribution in [0, 0.1) is 0 Å². The zero-order valence-corrected chi connectivity index (χ0v) is 9.27. The summed E-state index contributed by atoms with van der Waals surface area (Å²) in [6, 6.07) is 6.40. The molecule has 2 aliphatic rings. The summed E-state index contributed by atoms with van der Waals surface area (Å²) in [5.74, 6) is -0.711. The van der Waals surface area contributed by atoms with Crippen LogP contribution in [0.1, 0.15) is 11.0 Å². The molecule has 0 saturated carbocycles. The zero-order chi connectivity index (χ0) is 19.5. The van der Waals surface area contributed by atoms with Gasteiger partial charge in [0.25, 0.3) is 5.91 Å². The molecule has 0 radical (unpaired) electrons. The summed E-state index contributed by atoms with van der Waals surface area (Å²) in [7, 11) is 0. The fourth-order valence-electron chi connectivity index (χ4n) is 1.62. The van der Waals surface area contributed by atoms with Crippen LogP contribution in [-0.4, -0.2) is 49.5 Å². The second kappa shape index (κ2) is 4.86. The highest BCUT2D eigenvalue weighted by Crippen LogP contribution is 2.31. The summed E-state index contributed by atoms with van der Waals surface area (Å²) in [5.41, 5.74) is 0. The molecule has 5 heteroatoms. The number of fused-ring (bicyclic) bond motifs is 1. The van der Waals surface area contributed by atoms with Crippen LogP contribution in [0.5, 0.6) is 11.5 Å². The minimum absolute atomic E-state index is 0.0710. The van der Waals surface area contributed by atoms with Gasteiger partial charge in [-0.15, -0.1) is 0 Å². The number of hydrogen-bond donors (Lipinski definition) is 1. The molecule has 1 N–H and O–H groups in total. The van der Waals surface area contributed by atoms with Crippen LogP contribution in [0.25, 0.3) is 0 Å². The molecule has 1 amide bonds. The number of para-hydroxylation sites is 2. The van der Waals surface area contributed by atoms with Crippen LogP contribution in [0.4, 0.5) is 0 Å². The minimum Gasteiger partial charge on any atom is -0.485 e. The zero-order valence-electron chi connectivity index (χ0n) is 17.3. The lowest BCUT2D eigenvalue weighted by atomic mass is 10.2. The van der Waals surface area contributed by atoms with E-state index >= 15 is 0 Å². The third-order valence-electron chi connectivity index (χ3n) is 2.46. The van der Waals surface area contributed by atoms with E-state index in [2.05, 4.69) is 0 Å². The Morgan fingerprint density at radius 1 is 1.33 bits per heavy atom. The Morgan fingerprint density at radius 3 is 2.83 bits per heavy atom. The Kier molecular flexibility index (Phi) is 1.48. The van der Waals surface area contributed by atoms with Crippen molar-refractivity contribution in [1.29, 1.82) is 0 Å². The van der Waals surface area contributed by atoms with Gasteiger partial charge in [0.05, 0.1) is 5.48 Å². The molecule has 0 aromatic heterocycles. The molecule has 5 nitrogen and oxygen atoms in total. The molecule has 1 unspecified atom stereocenters. The lowest BCUT2D eigenvalue weighted by Gasteiger charge is -2.32. The second-order valence-electron chi connectivity index (χ2n) is 3.64. The number of nitrogens with one attached hydrogen (secondary N) is 1. The third kappa shape index (κ3) is 2.13. The van der Waals surface area contributed by atoms with Crippen LogP contribution in [-0.2, 0) is 4.79 Å². The van der Waals surface area contributed by atoms with Gasteiger partial charge in [0.1, 0.15) is 6.61 Å². The maximum absolute atomic E-state index is 12.8. The minimum atomic E-state index is -3.19. The smallest absolute Gasteiger partial charge is 0.267 e. The molecule has 96 valence electrons.